The fourth-order valence-corrected chi connectivity index (χ4v) is 12.2. The zero-order valence-electron chi connectivity index (χ0n) is 46.3. The van der Waals surface area contributed by atoms with Crippen LogP contribution < -0.4 is 41.0 Å². The molecule has 6 aliphatic heterocycles. The second-order valence-corrected chi connectivity index (χ2v) is 22.8. The van der Waals surface area contributed by atoms with E-state index in [9.17, 15) is 9.59 Å². The fourth-order valence-electron chi connectivity index (χ4n) is 11.5. The molecule has 12 rings (SSSR count). The Hall–Kier alpha value is -7.02. The molecule has 6 aromatic rings. The van der Waals surface area contributed by atoms with Crippen LogP contribution in [0.3, 0.4) is 0 Å². The average molecular weight is 1240 g/mol. The van der Waals surface area contributed by atoms with Crippen molar-refractivity contribution < 1.29 is 28.5 Å². The van der Waals surface area contributed by atoms with Gasteiger partial charge in [-0.2, -0.15) is 0 Å². The number of aromatic nitrogens is 6. The van der Waals surface area contributed by atoms with E-state index in [1.165, 1.54) is 18.5 Å². The van der Waals surface area contributed by atoms with Gasteiger partial charge in [-0.15, -0.1) is 20.4 Å². The summed E-state index contributed by atoms with van der Waals surface area (Å²) in [5.41, 5.74) is 16.6. The van der Waals surface area contributed by atoms with Gasteiger partial charge in [0.15, 0.2) is 21.9 Å². The van der Waals surface area contributed by atoms with E-state index < -0.39 is 0 Å². The highest BCUT2D eigenvalue weighted by atomic mass is 79.9. The van der Waals surface area contributed by atoms with Gasteiger partial charge in [-0.3, -0.25) is 9.80 Å². The van der Waals surface area contributed by atoms with Gasteiger partial charge in [-0.05, 0) is 70.9 Å². The highest BCUT2D eigenvalue weighted by molar-refractivity contribution is 9.10. The number of halogens is 3. The molecule has 4 unspecified atom stereocenters. The lowest BCUT2D eigenvalue weighted by atomic mass is 10.1. The van der Waals surface area contributed by atoms with E-state index in [1.54, 1.807) is 21.9 Å². The Labute approximate surface area is 502 Å². The number of nitrogens with one attached hydrogen (secondary N) is 1. The van der Waals surface area contributed by atoms with Crippen molar-refractivity contribution in [2.24, 2.45) is 0 Å². The number of rotatable bonds is 15. The summed E-state index contributed by atoms with van der Waals surface area (Å²) in [6.45, 7) is 13.0. The Balaban J connectivity index is 0.000000164. The first-order chi connectivity index (χ1) is 40.5. The number of hydrogen-bond donors (Lipinski definition) is 3. The van der Waals surface area contributed by atoms with Gasteiger partial charge >= 0.3 is 12.2 Å². The van der Waals surface area contributed by atoms with E-state index in [2.05, 4.69) is 94.3 Å². The van der Waals surface area contributed by atoms with Crippen LogP contribution in [-0.2, 0) is 22.7 Å². The van der Waals surface area contributed by atoms with Crippen LogP contribution in [0.15, 0.2) is 114 Å². The Morgan fingerprint density at radius 2 is 1.01 bits per heavy atom. The Morgan fingerprint density at radius 3 is 1.48 bits per heavy atom. The zero-order valence-corrected chi connectivity index (χ0v) is 49.4. The molecule has 0 radical (unpaired) electrons. The molecule has 10 heterocycles. The molecule has 0 spiro atoms. The predicted molar refractivity (Wildman–Crippen MR) is 323 cm³/mol. The van der Waals surface area contributed by atoms with Crippen molar-refractivity contribution in [1.82, 2.24) is 55.3 Å². The number of nitrogens with zero attached hydrogens (tertiary/aromatic N) is 13. The summed E-state index contributed by atoms with van der Waals surface area (Å²) in [5, 5.41) is 19.1. The number of hydrogen-bond acceptors (Lipinski definition) is 20. The van der Waals surface area contributed by atoms with E-state index in [0.29, 0.717) is 115 Å². The first-order valence-corrected chi connectivity index (χ1v) is 29.8. The summed E-state index contributed by atoms with van der Waals surface area (Å²) in [6, 6.07) is 33.0. The summed E-state index contributed by atoms with van der Waals surface area (Å²) in [6.07, 6.45) is 7.90. The monoisotopic (exact) mass is 1240 g/mol. The van der Waals surface area contributed by atoms with Crippen LogP contribution in [0.4, 0.5) is 38.3 Å². The van der Waals surface area contributed by atoms with Gasteiger partial charge in [0, 0.05) is 158 Å². The van der Waals surface area contributed by atoms with E-state index in [0.717, 1.165) is 101 Å². The lowest BCUT2D eigenvalue weighted by molar-refractivity contribution is 0.0676. The molecule has 4 atom stereocenters. The molecule has 5 N–H and O–H groups in total. The number of benzene rings is 2. The molecule has 22 nitrogen and oxygen atoms in total. The number of carbonyl (C=O) groups is 2. The van der Waals surface area contributed by atoms with Crippen molar-refractivity contribution in [3.8, 4) is 11.8 Å². The maximum atomic E-state index is 12.4. The number of pyridine rings is 2. The molecular weight excluding hydrogens is 1170 g/mol. The third-order valence-corrected chi connectivity index (χ3v) is 16.7. The van der Waals surface area contributed by atoms with Crippen molar-refractivity contribution in [2.45, 2.75) is 63.1 Å². The maximum absolute atomic E-state index is 12.4. The first-order valence-electron chi connectivity index (χ1n) is 28.3. The molecular formula is C58H71BrCl2N16O6. The number of ether oxygens (including phenoxy) is 4. The lowest BCUT2D eigenvalue weighted by Crippen LogP contribution is -2.54. The fraction of sp³-hybridized carbons (Fsp3) is 0.448. The summed E-state index contributed by atoms with van der Waals surface area (Å²) < 4.78 is 23.7. The maximum Gasteiger partial charge on any atom is 0.410 e. The number of amides is 2. The predicted octanol–water partition coefficient (Wildman–Crippen LogP) is 7.13. The van der Waals surface area contributed by atoms with Gasteiger partial charge in [0.2, 0.25) is 11.8 Å². The van der Waals surface area contributed by atoms with E-state index in [1.807, 2.05) is 79.1 Å². The highest BCUT2D eigenvalue weighted by Crippen LogP contribution is 2.39. The molecule has 6 saturated heterocycles. The smallest absolute Gasteiger partial charge is 0.410 e. The van der Waals surface area contributed by atoms with Crippen molar-refractivity contribution in [3.63, 3.8) is 0 Å². The highest BCUT2D eigenvalue weighted by Gasteiger charge is 2.41. The van der Waals surface area contributed by atoms with Crippen molar-refractivity contribution in [3.05, 3.63) is 135 Å². The van der Waals surface area contributed by atoms with Gasteiger partial charge in [0.1, 0.15) is 26.4 Å². The van der Waals surface area contributed by atoms with Crippen LogP contribution in [0.5, 0.6) is 11.8 Å². The first kappa shape index (κ1) is 59.2. The molecule has 440 valence electrons. The standard InChI is InChI=1S/C29H35ClN8O3.C25H33N5O3.C4H3BrClN3/c30-26-17-25(28(31)34-33-26)37-18-23-6-7-24(19-37)38(23)22-8-9-32-27(16-22)40-15-14-35-10-12-36(13-11-35)29(39)41-20-21-4-2-1-3-5-21;31-25(33-19-20-4-2-1-3-5-20)29-12-10-28(11-13-29)14-15-32-24-16-21(8-9-27-24)30-22-6-7-23(30)18-26-17-22;5-2-1-3(6)8-9-4(2)7/h1-5,8-9,16-17,23-24H,6-7,10-15,18-20H2,(H2,31,34);1-5,8-9,16,22-23,26H,6-7,10-15,17-19H2;1H,(H2,7,9). The molecule has 2 aromatic carbocycles. The van der Waals surface area contributed by atoms with Crippen molar-refractivity contribution in [2.75, 3.05) is 131 Å². The minimum Gasteiger partial charge on any atom is -0.476 e. The molecule has 6 fully saturated rings. The molecule has 25 heteroatoms. The Morgan fingerprint density at radius 1 is 0.566 bits per heavy atom. The minimum absolute atomic E-state index is 0.238. The summed E-state index contributed by atoms with van der Waals surface area (Å²) in [4.78, 5) is 49.1. The molecule has 2 amide bonds. The number of fused-ring (bicyclic) bond motifs is 4. The lowest BCUT2D eigenvalue weighted by Gasteiger charge is -2.43. The summed E-state index contributed by atoms with van der Waals surface area (Å²) in [5.74, 6) is 2.07. The van der Waals surface area contributed by atoms with Crippen molar-refractivity contribution >= 4 is 80.0 Å². The largest absolute Gasteiger partial charge is 0.476 e. The number of piperazine rings is 4. The van der Waals surface area contributed by atoms with Crippen LogP contribution in [0.1, 0.15) is 36.8 Å². The van der Waals surface area contributed by atoms with Gasteiger partial charge in [0.05, 0.1) is 10.2 Å². The van der Waals surface area contributed by atoms with Crippen LogP contribution >= 0.6 is 39.1 Å². The topological polar surface area (TPSA) is 235 Å². The number of anilines is 5. The molecule has 0 saturated carbocycles. The third-order valence-electron chi connectivity index (χ3n) is 15.7. The molecule has 6 aliphatic rings. The molecule has 83 heavy (non-hydrogen) atoms. The quantitative estimate of drug-likeness (QED) is 0.0927. The van der Waals surface area contributed by atoms with Gasteiger partial charge in [-0.1, -0.05) is 83.9 Å². The zero-order chi connectivity index (χ0) is 57.5. The SMILES string of the molecule is Nc1nnc(Cl)cc1Br.Nc1nnc(Cl)cc1N1CC2CCC(C1)N2c1ccnc(OCCN2CCN(C(=O)OCc3ccccc3)CC2)c1.O=C(OCc1ccccc1)N1CCN(CCOc2cc(N3C4CCC3CNC4)ccn2)CC1. The number of nitrogens with two attached hydrogens (primary N) is 2. The molecule has 4 bridgehead atoms. The number of carbonyl (C=O) groups excluding carboxylic acids is 2. The minimum atomic E-state index is -0.259. The van der Waals surface area contributed by atoms with Crippen molar-refractivity contribution in [1.29, 1.82) is 0 Å². The van der Waals surface area contributed by atoms with E-state index in [4.69, 9.17) is 53.6 Å². The number of nitrogen functional groups attached to an aromatic ring is 2. The molecule has 4 aromatic heterocycles. The third kappa shape index (κ3) is 16.2. The van der Waals surface area contributed by atoms with E-state index in [-0.39, 0.29) is 12.2 Å². The van der Waals surface area contributed by atoms with Gasteiger partial charge in [0.25, 0.3) is 0 Å². The second-order valence-electron chi connectivity index (χ2n) is 21.1. The van der Waals surface area contributed by atoms with Gasteiger partial charge in [-0.25, -0.2) is 19.6 Å². The molecule has 0 aliphatic carbocycles. The van der Waals surface area contributed by atoms with Gasteiger partial charge < -0.3 is 60.2 Å². The Bertz CT molecular complexity index is 3030. The average Bonchev–Trinajstić information content (AvgIpc) is 3.93. The van der Waals surface area contributed by atoms with Crippen LogP contribution in [0.25, 0.3) is 0 Å². The normalized spacial score (nSPS) is 20.4. The van der Waals surface area contributed by atoms with Crippen LogP contribution in [-0.4, -0.2) is 191 Å². The van der Waals surface area contributed by atoms with Crippen LogP contribution in [0.2, 0.25) is 10.3 Å². The second kappa shape index (κ2) is 29.0. The summed E-state index contributed by atoms with van der Waals surface area (Å²) >= 11 is 14.7. The summed E-state index contributed by atoms with van der Waals surface area (Å²) in [7, 11) is 0. The Kier molecular flexibility index (Phi) is 20.7. The van der Waals surface area contributed by atoms with E-state index >= 15 is 0 Å². The van der Waals surface area contributed by atoms with Crippen LogP contribution in [0, 0.1) is 0 Å².